The topological polar surface area (TPSA) is 63.2 Å². The Labute approximate surface area is 134 Å². The fraction of sp³-hybridized carbons (Fsp3) is 0.294. The van der Waals surface area contributed by atoms with Crippen LogP contribution in [-0.2, 0) is 16.0 Å². The Morgan fingerprint density at radius 3 is 2.78 bits per heavy atom. The van der Waals surface area contributed by atoms with Gasteiger partial charge in [-0.15, -0.1) is 0 Å². The lowest BCUT2D eigenvalue weighted by atomic mass is 10.1. The molecule has 0 aliphatic rings. The van der Waals surface area contributed by atoms with Crippen molar-refractivity contribution in [1.29, 1.82) is 0 Å². The van der Waals surface area contributed by atoms with E-state index in [4.69, 9.17) is 4.74 Å². The van der Waals surface area contributed by atoms with Crippen molar-refractivity contribution in [1.82, 2.24) is 4.98 Å². The summed E-state index contributed by atoms with van der Waals surface area (Å²) in [6.07, 6.45) is 2.52. The summed E-state index contributed by atoms with van der Waals surface area (Å²) in [5, 5.41) is 5.86. The van der Waals surface area contributed by atoms with E-state index in [9.17, 15) is 9.18 Å². The van der Waals surface area contributed by atoms with Gasteiger partial charge in [0.25, 0.3) is 0 Å². The lowest BCUT2D eigenvalue weighted by Gasteiger charge is -2.08. The number of hydrogen-bond donors (Lipinski definition) is 2. The SMILES string of the molecule is COCCCNc1ccc(NC(=O)Cc2ccccc2F)nc1. The van der Waals surface area contributed by atoms with Gasteiger partial charge in [-0.2, -0.15) is 0 Å². The van der Waals surface area contributed by atoms with Crippen LogP contribution in [0.3, 0.4) is 0 Å². The number of nitrogens with one attached hydrogen (secondary N) is 2. The molecule has 1 heterocycles. The number of anilines is 2. The molecule has 0 fully saturated rings. The van der Waals surface area contributed by atoms with E-state index in [1.807, 2.05) is 6.07 Å². The molecule has 2 N–H and O–H groups in total. The van der Waals surface area contributed by atoms with Gasteiger partial charge in [-0.25, -0.2) is 9.37 Å². The van der Waals surface area contributed by atoms with Gasteiger partial charge in [0.2, 0.25) is 5.91 Å². The fourth-order valence-corrected chi connectivity index (χ4v) is 2.02. The molecule has 0 radical (unpaired) electrons. The van der Waals surface area contributed by atoms with Crippen molar-refractivity contribution in [2.24, 2.45) is 0 Å². The van der Waals surface area contributed by atoms with E-state index in [2.05, 4.69) is 15.6 Å². The minimum absolute atomic E-state index is 0.0224. The molecule has 5 nitrogen and oxygen atoms in total. The Balaban J connectivity index is 1.83. The summed E-state index contributed by atoms with van der Waals surface area (Å²) in [7, 11) is 1.67. The molecule has 0 aliphatic carbocycles. The Morgan fingerprint density at radius 1 is 1.26 bits per heavy atom. The lowest BCUT2D eigenvalue weighted by Crippen LogP contribution is -2.16. The molecule has 0 saturated carbocycles. The molecular formula is C17H20FN3O2. The van der Waals surface area contributed by atoms with E-state index in [0.717, 1.165) is 18.7 Å². The van der Waals surface area contributed by atoms with Crippen molar-refractivity contribution in [3.8, 4) is 0 Å². The predicted octanol–water partition coefficient (Wildman–Crippen LogP) is 2.85. The first-order valence-electron chi connectivity index (χ1n) is 7.41. The maximum atomic E-state index is 13.5. The van der Waals surface area contributed by atoms with Gasteiger partial charge in [0.1, 0.15) is 11.6 Å². The summed E-state index contributed by atoms with van der Waals surface area (Å²) >= 11 is 0. The number of hydrogen-bond acceptors (Lipinski definition) is 4. The van der Waals surface area contributed by atoms with E-state index in [1.165, 1.54) is 6.07 Å². The molecule has 0 spiro atoms. The second kappa shape index (κ2) is 8.85. The van der Waals surface area contributed by atoms with Crippen LogP contribution in [0.5, 0.6) is 0 Å². The van der Waals surface area contributed by atoms with Crippen LogP contribution < -0.4 is 10.6 Å². The van der Waals surface area contributed by atoms with Gasteiger partial charge in [-0.05, 0) is 30.2 Å². The molecule has 122 valence electrons. The Hall–Kier alpha value is -2.47. The van der Waals surface area contributed by atoms with E-state index in [-0.39, 0.29) is 18.1 Å². The van der Waals surface area contributed by atoms with E-state index in [1.54, 1.807) is 37.6 Å². The Bertz CT molecular complexity index is 632. The summed E-state index contributed by atoms with van der Waals surface area (Å²) in [6, 6.07) is 9.77. The molecule has 6 heteroatoms. The second-order valence-corrected chi connectivity index (χ2v) is 5.02. The standard InChI is InChI=1S/C17H20FN3O2/c1-23-10-4-9-19-14-7-8-16(20-12-14)21-17(22)11-13-5-2-3-6-15(13)18/h2-3,5-8,12,19H,4,9-11H2,1H3,(H,20,21,22). The molecular weight excluding hydrogens is 297 g/mol. The number of pyridine rings is 1. The van der Waals surface area contributed by atoms with Gasteiger partial charge >= 0.3 is 0 Å². The van der Waals surface area contributed by atoms with Crippen LogP contribution >= 0.6 is 0 Å². The number of nitrogens with zero attached hydrogens (tertiary/aromatic N) is 1. The molecule has 0 saturated heterocycles. The first-order valence-corrected chi connectivity index (χ1v) is 7.41. The minimum Gasteiger partial charge on any atom is -0.385 e. The highest BCUT2D eigenvalue weighted by atomic mass is 19.1. The van der Waals surface area contributed by atoms with E-state index in [0.29, 0.717) is 18.0 Å². The molecule has 0 atom stereocenters. The zero-order chi connectivity index (χ0) is 16.5. The monoisotopic (exact) mass is 317 g/mol. The lowest BCUT2D eigenvalue weighted by molar-refractivity contribution is -0.115. The second-order valence-electron chi connectivity index (χ2n) is 5.02. The summed E-state index contributed by atoms with van der Waals surface area (Å²) in [6.45, 7) is 1.49. The Kier molecular flexibility index (Phi) is 6.50. The number of benzene rings is 1. The van der Waals surface area contributed by atoms with Gasteiger partial charge in [0.05, 0.1) is 18.3 Å². The van der Waals surface area contributed by atoms with E-state index < -0.39 is 0 Å². The molecule has 2 rings (SSSR count). The molecule has 0 bridgehead atoms. The summed E-state index contributed by atoms with van der Waals surface area (Å²) in [4.78, 5) is 16.1. The molecule has 1 amide bonds. The smallest absolute Gasteiger partial charge is 0.230 e. The number of amides is 1. The summed E-state index contributed by atoms with van der Waals surface area (Å²) < 4.78 is 18.5. The third-order valence-electron chi connectivity index (χ3n) is 3.19. The molecule has 23 heavy (non-hydrogen) atoms. The quantitative estimate of drug-likeness (QED) is 0.735. The average molecular weight is 317 g/mol. The average Bonchev–Trinajstić information content (AvgIpc) is 2.55. The zero-order valence-corrected chi connectivity index (χ0v) is 13.0. The largest absolute Gasteiger partial charge is 0.385 e. The number of carbonyl (C=O) groups excluding carboxylic acids is 1. The van der Waals surface area contributed by atoms with Crippen molar-refractivity contribution < 1.29 is 13.9 Å². The van der Waals surface area contributed by atoms with Crippen LogP contribution in [0.15, 0.2) is 42.6 Å². The fourth-order valence-electron chi connectivity index (χ4n) is 2.02. The molecule has 2 aromatic rings. The van der Waals surface area contributed by atoms with Crippen molar-refractivity contribution in [2.75, 3.05) is 30.9 Å². The number of ether oxygens (including phenoxy) is 1. The van der Waals surface area contributed by atoms with Crippen molar-refractivity contribution in [2.45, 2.75) is 12.8 Å². The highest BCUT2D eigenvalue weighted by molar-refractivity contribution is 5.91. The Morgan fingerprint density at radius 2 is 2.09 bits per heavy atom. The number of aromatic nitrogens is 1. The van der Waals surface area contributed by atoms with Crippen LogP contribution in [0.2, 0.25) is 0 Å². The minimum atomic E-state index is -0.383. The van der Waals surface area contributed by atoms with Crippen LogP contribution in [-0.4, -0.2) is 31.2 Å². The highest BCUT2D eigenvalue weighted by Crippen LogP contribution is 2.11. The van der Waals surface area contributed by atoms with Gasteiger partial charge in [-0.1, -0.05) is 18.2 Å². The maximum absolute atomic E-state index is 13.5. The van der Waals surface area contributed by atoms with E-state index >= 15 is 0 Å². The van der Waals surface area contributed by atoms with Gasteiger partial charge in [0.15, 0.2) is 0 Å². The van der Waals surface area contributed by atoms with Crippen LogP contribution in [0.25, 0.3) is 0 Å². The normalized spacial score (nSPS) is 10.3. The van der Waals surface area contributed by atoms with Crippen LogP contribution in [0.1, 0.15) is 12.0 Å². The van der Waals surface area contributed by atoms with Gasteiger partial charge < -0.3 is 15.4 Å². The highest BCUT2D eigenvalue weighted by Gasteiger charge is 2.08. The predicted molar refractivity (Wildman–Crippen MR) is 88.0 cm³/mol. The number of methoxy groups -OCH3 is 1. The third kappa shape index (κ3) is 5.67. The zero-order valence-electron chi connectivity index (χ0n) is 13.0. The van der Waals surface area contributed by atoms with Gasteiger partial charge in [-0.3, -0.25) is 4.79 Å². The van der Waals surface area contributed by atoms with Crippen molar-refractivity contribution >= 4 is 17.4 Å². The molecule has 1 aromatic carbocycles. The molecule has 0 aliphatic heterocycles. The van der Waals surface area contributed by atoms with Gasteiger partial charge in [0, 0.05) is 20.3 Å². The van der Waals surface area contributed by atoms with Crippen molar-refractivity contribution in [3.05, 3.63) is 54.0 Å². The number of carbonyl (C=O) groups is 1. The summed E-state index contributed by atoms with van der Waals surface area (Å²) in [5.41, 5.74) is 1.23. The number of halogens is 1. The first kappa shape index (κ1) is 16.9. The molecule has 0 unspecified atom stereocenters. The maximum Gasteiger partial charge on any atom is 0.230 e. The summed E-state index contributed by atoms with van der Waals surface area (Å²) in [5.74, 6) is -0.247. The first-order chi connectivity index (χ1) is 11.2. The van der Waals surface area contributed by atoms with Crippen LogP contribution in [0.4, 0.5) is 15.9 Å². The van der Waals surface area contributed by atoms with Crippen molar-refractivity contribution in [3.63, 3.8) is 0 Å². The molecule has 1 aromatic heterocycles. The van der Waals surface area contributed by atoms with Crippen LogP contribution in [0, 0.1) is 5.82 Å². The third-order valence-corrected chi connectivity index (χ3v) is 3.19. The number of rotatable bonds is 8.